The molecule has 1 aromatic heterocycles. The molecule has 1 aliphatic rings. The van der Waals surface area contributed by atoms with Crippen molar-refractivity contribution in [2.24, 2.45) is 4.99 Å². The van der Waals surface area contributed by atoms with Gasteiger partial charge in [-0.15, -0.1) is 0 Å². The second kappa shape index (κ2) is 32.9. The minimum Gasteiger partial charge on any atom is -0.497 e. The molecule has 0 radical (unpaired) electrons. The van der Waals surface area contributed by atoms with Crippen molar-refractivity contribution in [1.29, 1.82) is 0 Å². The Morgan fingerprint density at radius 3 is 1.75 bits per heavy atom. The number of carbonyl (C=O) groups excluding carboxylic acids is 3. The van der Waals surface area contributed by atoms with Crippen LogP contribution in [-0.2, 0) is 51.2 Å². The van der Waals surface area contributed by atoms with Gasteiger partial charge in [0.15, 0.2) is 0 Å². The van der Waals surface area contributed by atoms with Crippen LogP contribution in [0.3, 0.4) is 0 Å². The average Bonchev–Trinajstić information content (AvgIpc) is 4.11. The van der Waals surface area contributed by atoms with E-state index in [9.17, 15) is 72.5 Å². The lowest BCUT2D eigenvalue weighted by molar-refractivity contribution is -0.144. The molecule has 8 N–H and O–H groups in total. The summed E-state index contributed by atoms with van der Waals surface area (Å²) in [4.78, 5) is 104. The van der Waals surface area contributed by atoms with Crippen LogP contribution >= 0.6 is 0 Å². The van der Waals surface area contributed by atoms with E-state index < -0.39 is 76.0 Å². The smallest absolute Gasteiger partial charge is 0.497 e. The number of nitrogens with one attached hydrogen (secondary N) is 3. The number of ether oxygens (including phenoxy) is 1. The van der Waals surface area contributed by atoms with Crippen molar-refractivity contribution in [3.63, 3.8) is 0 Å². The van der Waals surface area contributed by atoms with Crippen molar-refractivity contribution in [3.05, 3.63) is 100 Å². The maximum absolute atomic E-state index is 14.3. The maximum Gasteiger partial charge on any atom is 0.677 e. The van der Waals surface area contributed by atoms with Crippen molar-refractivity contribution in [2.45, 2.75) is 90.5 Å². The van der Waals surface area contributed by atoms with E-state index in [0.29, 0.717) is 109 Å². The Balaban J connectivity index is 1.13. The number of carboxylic acids is 5. The Bertz CT molecular complexity index is 2650. The Morgan fingerprint density at radius 1 is 0.671 bits per heavy atom. The SMILES string of the molecule is COc1ccc(C2=N/C(=C\c3c(C)c(CCC(=O)NCCCCCC(=O)NCCCCCC(=O)Nc4ccc(CC(CN(CCN(CC(=O)O)CC(=O)O)CC(=O)O)N(CC(=O)O)CC(=O)O)cc4)c(C)n3B(F)F)C=C2)cc1. The molecule has 0 bridgehead atoms. The van der Waals surface area contributed by atoms with Gasteiger partial charge in [0.2, 0.25) is 17.7 Å². The highest BCUT2D eigenvalue weighted by Crippen LogP contribution is 2.29. The summed E-state index contributed by atoms with van der Waals surface area (Å²) in [5.41, 5.74) is 5.23. The number of methoxy groups -OCH3 is 1. The Hall–Kier alpha value is -7.77. The van der Waals surface area contributed by atoms with Crippen molar-refractivity contribution in [1.82, 2.24) is 29.8 Å². The Morgan fingerprint density at radius 2 is 1.20 bits per heavy atom. The first kappa shape index (κ1) is 63.8. The lowest BCUT2D eigenvalue weighted by Gasteiger charge is -2.34. The molecule has 0 saturated heterocycles. The van der Waals surface area contributed by atoms with Crippen LogP contribution in [0, 0.1) is 13.8 Å². The van der Waals surface area contributed by atoms with Crippen LogP contribution in [0.1, 0.15) is 91.4 Å². The molecule has 0 saturated carbocycles. The predicted octanol–water partition coefficient (Wildman–Crippen LogP) is 4.45. The molecule has 0 fully saturated rings. The van der Waals surface area contributed by atoms with Crippen LogP contribution in [0.5, 0.6) is 5.75 Å². The minimum atomic E-state index is -2.79. The van der Waals surface area contributed by atoms with E-state index in [1.807, 2.05) is 30.3 Å². The molecule has 22 nitrogen and oxygen atoms in total. The van der Waals surface area contributed by atoms with E-state index in [0.717, 1.165) is 19.8 Å². The molecular weight excluding hydrogens is 1030 g/mol. The van der Waals surface area contributed by atoms with E-state index >= 15 is 0 Å². The Kier molecular flexibility index (Phi) is 26.5. The molecule has 1 aliphatic heterocycles. The molecule has 25 heteroatoms. The van der Waals surface area contributed by atoms with Crippen molar-refractivity contribution >= 4 is 72.4 Å². The summed E-state index contributed by atoms with van der Waals surface area (Å²) in [7, 11) is -1.20. The second-order valence-corrected chi connectivity index (χ2v) is 19.1. The third kappa shape index (κ3) is 23.0. The van der Waals surface area contributed by atoms with Gasteiger partial charge in [0, 0.05) is 80.7 Å². The monoisotopic (exact) mass is 1100 g/mol. The van der Waals surface area contributed by atoms with E-state index in [1.165, 1.54) is 4.90 Å². The van der Waals surface area contributed by atoms with E-state index in [2.05, 4.69) is 20.9 Å². The summed E-state index contributed by atoms with van der Waals surface area (Å²) in [5, 5.41) is 55.8. The quantitative estimate of drug-likeness (QED) is 0.0290. The van der Waals surface area contributed by atoms with Gasteiger partial charge in [-0.3, -0.25) is 61.7 Å². The topological polar surface area (TPSA) is 310 Å². The number of aliphatic imine (C=N–C) groups is 1. The highest BCUT2D eigenvalue weighted by Gasteiger charge is 2.29. The number of carboxylic acid groups (broad SMARTS) is 5. The number of carbonyl (C=O) groups is 8. The molecule has 0 spiro atoms. The minimum absolute atomic E-state index is 0.0505. The van der Waals surface area contributed by atoms with Crippen LogP contribution in [0.4, 0.5) is 14.3 Å². The van der Waals surface area contributed by atoms with Gasteiger partial charge in [-0.2, -0.15) is 0 Å². The predicted molar refractivity (Wildman–Crippen MR) is 290 cm³/mol. The first-order valence-corrected chi connectivity index (χ1v) is 25.9. The number of aromatic nitrogens is 1. The molecule has 1 atom stereocenters. The van der Waals surface area contributed by atoms with E-state index in [4.69, 9.17) is 4.74 Å². The molecule has 0 aliphatic carbocycles. The van der Waals surface area contributed by atoms with Crippen LogP contribution in [0.15, 0.2) is 71.4 Å². The number of aliphatic carboxylic acids is 5. The van der Waals surface area contributed by atoms with Crippen LogP contribution in [0.2, 0.25) is 0 Å². The molecule has 428 valence electrons. The summed E-state index contributed by atoms with van der Waals surface area (Å²) < 4.78 is 34.9. The largest absolute Gasteiger partial charge is 0.677 e. The number of hydrogen-bond donors (Lipinski definition) is 8. The average molecular weight is 1110 g/mol. The molecular formula is C54H71BF2N8O14. The van der Waals surface area contributed by atoms with E-state index in [1.54, 1.807) is 57.4 Å². The lowest BCUT2D eigenvalue weighted by Crippen LogP contribution is -2.51. The van der Waals surface area contributed by atoms with Crippen LogP contribution in [0.25, 0.3) is 6.08 Å². The first-order chi connectivity index (χ1) is 37.6. The molecule has 3 amide bonds. The number of hydrogen-bond acceptors (Lipinski definition) is 13. The molecule has 4 rings (SSSR count). The van der Waals surface area contributed by atoms with Gasteiger partial charge < -0.3 is 50.7 Å². The summed E-state index contributed by atoms with van der Waals surface area (Å²) in [6, 6.07) is 13.0. The third-order valence-corrected chi connectivity index (χ3v) is 13.0. The highest BCUT2D eigenvalue weighted by molar-refractivity contribution is 6.41. The number of allylic oxidation sites excluding steroid dienone is 2. The van der Waals surface area contributed by atoms with Gasteiger partial charge in [0.1, 0.15) is 5.75 Å². The number of nitrogens with zero attached hydrogens (tertiary/aromatic N) is 5. The van der Waals surface area contributed by atoms with Crippen LogP contribution < -0.4 is 20.7 Å². The van der Waals surface area contributed by atoms with Gasteiger partial charge in [-0.25, -0.2) is 4.99 Å². The van der Waals surface area contributed by atoms with Crippen LogP contribution in [-0.4, -0.2) is 184 Å². The van der Waals surface area contributed by atoms with Gasteiger partial charge in [0.25, 0.3) is 0 Å². The highest BCUT2D eigenvalue weighted by atomic mass is 19.2. The van der Waals surface area contributed by atoms with Gasteiger partial charge in [-0.05, 0) is 124 Å². The molecule has 2 aromatic carbocycles. The number of benzene rings is 2. The summed E-state index contributed by atoms with van der Waals surface area (Å²) in [6.07, 6.45) is 10.1. The Labute approximate surface area is 457 Å². The van der Waals surface area contributed by atoms with Gasteiger partial charge in [0.05, 0.1) is 51.2 Å². The molecule has 2 heterocycles. The zero-order valence-corrected chi connectivity index (χ0v) is 44.8. The fourth-order valence-electron chi connectivity index (χ4n) is 9.09. The molecule has 1 unspecified atom stereocenters. The van der Waals surface area contributed by atoms with Crippen molar-refractivity contribution in [2.75, 3.05) is 77.9 Å². The second-order valence-electron chi connectivity index (χ2n) is 19.1. The number of amides is 3. The zero-order valence-electron chi connectivity index (χ0n) is 44.8. The zero-order chi connectivity index (χ0) is 58.0. The number of anilines is 1. The van der Waals surface area contributed by atoms with Crippen molar-refractivity contribution < 1.29 is 77.3 Å². The number of unbranched alkanes of at least 4 members (excludes halogenated alkanes) is 4. The van der Waals surface area contributed by atoms with Crippen molar-refractivity contribution in [3.8, 4) is 5.75 Å². The summed E-state index contributed by atoms with van der Waals surface area (Å²) in [6.45, 7) is 0.528. The normalized spacial score (nSPS) is 12.9. The van der Waals surface area contributed by atoms with Gasteiger partial charge >= 0.3 is 37.2 Å². The summed E-state index contributed by atoms with van der Waals surface area (Å²) >= 11 is 0. The molecule has 79 heavy (non-hydrogen) atoms. The molecule has 3 aromatic rings. The van der Waals surface area contributed by atoms with Gasteiger partial charge in [-0.1, -0.05) is 25.0 Å². The standard InChI is InChI=1S/C54H71BF2N8O14/c1-36-44(37(2)65(55(56)57)46(36)29-41-18-22-45(60-41)39-14-19-43(79-3)20-15-39)21-23-48(67)59-25-8-4-6-10-47(66)58-24-9-5-7-11-49(68)61-40-16-12-38(13-17-40)28-42(64(34-53(75)76)35-54(77)78)30-62(31-50(69)70)26-27-63(32-51(71)72)33-52(73)74/h12-20,22,29,42H,4-11,21,23-28,30-35H2,1-3H3,(H,58,66)(H,59,67)(H,61,68)(H,69,70)(H,71,72)(H,73,74)(H,75,76)(H,77,78)/b41-29-. The number of halogens is 2. The lowest BCUT2D eigenvalue weighted by atomic mass is 10.0. The van der Waals surface area contributed by atoms with E-state index in [-0.39, 0.29) is 63.0 Å². The third-order valence-electron chi connectivity index (χ3n) is 13.0. The fourth-order valence-corrected chi connectivity index (χ4v) is 9.09. The maximum atomic E-state index is 14.3. The first-order valence-electron chi connectivity index (χ1n) is 25.9. The summed E-state index contributed by atoms with van der Waals surface area (Å²) in [5.74, 6) is -6.39. The number of rotatable bonds is 38. The fraction of sp³-hybridized carbons (Fsp3) is 0.463.